The van der Waals surface area contributed by atoms with Crippen molar-refractivity contribution in [3.05, 3.63) is 52.5 Å². The number of carboxylic acids is 1. The third-order valence-electron chi connectivity index (χ3n) is 2.19. The van der Waals surface area contributed by atoms with Gasteiger partial charge in [-0.1, -0.05) is 0 Å². The Morgan fingerprint density at radius 3 is 2.67 bits per heavy atom. The van der Waals surface area contributed by atoms with Gasteiger partial charge in [-0.05, 0) is 46.3 Å². The van der Waals surface area contributed by atoms with Crippen molar-refractivity contribution in [1.29, 1.82) is 0 Å². The van der Waals surface area contributed by atoms with Crippen LogP contribution in [0.4, 0.5) is 15.8 Å². The zero-order valence-electron chi connectivity index (χ0n) is 9.02. The molecule has 2 rings (SSSR count). The van der Waals surface area contributed by atoms with E-state index >= 15 is 0 Å². The third-order valence-corrected chi connectivity index (χ3v) is 2.80. The van der Waals surface area contributed by atoms with Gasteiger partial charge in [-0.2, -0.15) is 0 Å². The molecule has 0 aliphatic heterocycles. The van der Waals surface area contributed by atoms with Gasteiger partial charge in [0, 0.05) is 17.6 Å². The van der Waals surface area contributed by atoms with Gasteiger partial charge in [0.25, 0.3) is 0 Å². The Balaban J connectivity index is 2.25. The first kappa shape index (κ1) is 12.5. The van der Waals surface area contributed by atoms with Crippen LogP contribution in [0.1, 0.15) is 10.5 Å². The first-order valence-electron chi connectivity index (χ1n) is 4.97. The molecule has 4 nitrogen and oxygen atoms in total. The fourth-order valence-corrected chi connectivity index (χ4v) is 1.74. The number of nitrogens with one attached hydrogen (secondary N) is 1. The Bertz CT molecular complexity index is 604. The molecule has 0 aliphatic carbocycles. The summed E-state index contributed by atoms with van der Waals surface area (Å²) in [6, 6.07) is 7.46. The van der Waals surface area contributed by atoms with Crippen LogP contribution in [0.2, 0.25) is 0 Å². The average Bonchev–Trinajstić information content (AvgIpc) is 2.34. The molecule has 0 fully saturated rings. The second-order valence-corrected chi connectivity index (χ2v) is 4.34. The number of benzene rings is 1. The monoisotopic (exact) mass is 310 g/mol. The molecule has 2 N–H and O–H groups in total. The van der Waals surface area contributed by atoms with Gasteiger partial charge in [0.05, 0.1) is 4.47 Å². The van der Waals surface area contributed by atoms with Crippen LogP contribution >= 0.6 is 15.9 Å². The lowest BCUT2D eigenvalue weighted by Gasteiger charge is -2.07. The Hall–Kier alpha value is -1.95. The Morgan fingerprint density at radius 2 is 2.00 bits per heavy atom. The quantitative estimate of drug-likeness (QED) is 0.911. The van der Waals surface area contributed by atoms with E-state index in [4.69, 9.17) is 5.11 Å². The number of rotatable bonds is 3. The normalized spacial score (nSPS) is 10.1. The predicted octanol–water partition coefficient (Wildman–Crippen LogP) is 3.43. The topological polar surface area (TPSA) is 62.2 Å². The number of aromatic carboxylic acids is 1. The number of nitrogens with zero attached hydrogens (tertiary/aromatic N) is 1. The van der Waals surface area contributed by atoms with Crippen molar-refractivity contribution in [2.75, 3.05) is 5.32 Å². The molecule has 92 valence electrons. The molecule has 0 unspecified atom stereocenters. The molecule has 0 bridgehead atoms. The number of carboxylic acid groups (broad SMARTS) is 1. The molecule has 1 aromatic heterocycles. The van der Waals surface area contributed by atoms with Crippen LogP contribution in [-0.2, 0) is 0 Å². The van der Waals surface area contributed by atoms with E-state index in [1.807, 2.05) is 0 Å². The van der Waals surface area contributed by atoms with Gasteiger partial charge in [-0.3, -0.25) is 0 Å². The number of pyridine rings is 1. The van der Waals surface area contributed by atoms with E-state index in [0.717, 1.165) is 0 Å². The number of anilines is 2. The Morgan fingerprint density at radius 1 is 1.28 bits per heavy atom. The maximum absolute atomic E-state index is 13.0. The Kier molecular flexibility index (Phi) is 3.57. The molecular formula is C12H8BrFN2O2. The van der Waals surface area contributed by atoms with Gasteiger partial charge in [0.1, 0.15) is 11.5 Å². The first-order valence-corrected chi connectivity index (χ1v) is 5.77. The van der Waals surface area contributed by atoms with Crippen molar-refractivity contribution in [2.45, 2.75) is 0 Å². The van der Waals surface area contributed by atoms with Crippen LogP contribution < -0.4 is 5.32 Å². The van der Waals surface area contributed by atoms with E-state index in [1.54, 1.807) is 18.2 Å². The summed E-state index contributed by atoms with van der Waals surface area (Å²) in [7, 11) is 0. The fourth-order valence-electron chi connectivity index (χ4n) is 1.37. The highest BCUT2D eigenvalue weighted by molar-refractivity contribution is 9.10. The summed E-state index contributed by atoms with van der Waals surface area (Å²) < 4.78 is 13.4. The van der Waals surface area contributed by atoms with Crippen LogP contribution in [0, 0.1) is 5.82 Å². The molecule has 1 aromatic carbocycles. The lowest BCUT2D eigenvalue weighted by Crippen LogP contribution is -2.01. The van der Waals surface area contributed by atoms with E-state index in [-0.39, 0.29) is 11.5 Å². The highest BCUT2D eigenvalue weighted by Crippen LogP contribution is 2.23. The minimum Gasteiger partial charge on any atom is -0.477 e. The summed E-state index contributed by atoms with van der Waals surface area (Å²) in [5.74, 6) is -1.46. The fraction of sp³-hybridized carbons (Fsp3) is 0. The minimum absolute atomic E-state index is 0.0545. The molecule has 0 saturated carbocycles. The molecule has 0 saturated heterocycles. The molecular weight excluding hydrogens is 303 g/mol. The van der Waals surface area contributed by atoms with E-state index in [9.17, 15) is 9.18 Å². The molecule has 0 aliphatic rings. The molecule has 2 aromatic rings. The van der Waals surface area contributed by atoms with Crippen LogP contribution in [0.5, 0.6) is 0 Å². The molecule has 1 heterocycles. The van der Waals surface area contributed by atoms with Crippen molar-refractivity contribution in [3.63, 3.8) is 0 Å². The van der Waals surface area contributed by atoms with E-state index in [0.29, 0.717) is 15.8 Å². The van der Waals surface area contributed by atoms with Gasteiger partial charge in [-0.25, -0.2) is 14.2 Å². The minimum atomic E-state index is -1.10. The summed E-state index contributed by atoms with van der Waals surface area (Å²) in [5, 5.41) is 11.8. The highest BCUT2D eigenvalue weighted by atomic mass is 79.9. The lowest BCUT2D eigenvalue weighted by molar-refractivity contribution is 0.0690. The standard InChI is InChI=1S/C12H8BrFN2O2/c13-9-5-7(1-2-10(9)14)16-8-3-4-15-11(6-8)12(17)18/h1-6H,(H,15,16)(H,17,18). The molecule has 0 radical (unpaired) electrons. The maximum atomic E-state index is 13.0. The summed E-state index contributed by atoms with van der Waals surface area (Å²) >= 11 is 3.08. The first-order chi connectivity index (χ1) is 8.56. The van der Waals surface area contributed by atoms with Crippen molar-refractivity contribution in [3.8, 4) is 0 Å². The molecule has 0 spiro atoms. The number of halogens is 2. The van der Waals surface area contributed by atoms with Crippen molar-refractivity contribution in [2.24, 2.45) is 0 Å². The van der Waals surface area contributed by atoms with E-state index in [2.05, 4.69) is 26.2 Å². The van der Waals surface area contributed by atoms with Crippen molar-refractivity contribution in [1.82, 2.24) is 4.98 Å². The molecule has 6 heteroatoms. The maximum Gasteiger partial charge on any atom is 0.354 e. The summed E-state index contributed by atoms with van der Waals surface area (Å²) in [4.78, 5) is 14.5. The van der Waals surface area contributed by atoms with Crippen LogP contribution in [0.3, 0.4) is 0 Å². The van der Waals surface area contributed by atoms with Gasteiger partial charge < -0.3 is 10.4 Å². The van der Waals surface area contributed by atoms with E-state index < -0.39 is 5.97 Å². The predicted molar refractivity (Wildman–Crippen MR) is 68.6 cm³/mol. The molecule has 18 heavy (non-hydrogen) atoms. The number of aromatic nitrogens is 1. The van der Waals surface area contributed by atoms with Crippen LogP contribution in [-0.4, -0.2) is 16.1 Å². The summed E-state index contributed by atoms with van der Waals surface area (Å²) in [5.41, 5.74) is 1.16. The highest BCUT2D eigenvalue weighted by Gasteiger charge is 2.06. The number of carbonyl (C=O) groups is 1. The van der Waals surface area contributed by atoms with Crippen LogP contribution in [0.25, 0.3) is 0 Å². The van der Waals surface area contributed by atoms with Gasteiger partial charge in [-0.15, -0.1) is 0 Å². The average molecular weight is 311 g/mol. The van der Waals surface area contributed by atoms with E-state index in [1.165, 1.54) is 18.3 Å². The molecule has 0 amide bonds. The number of hydrogen-bond acceptors (Lipinski definition) is 3. The SMILES string of the molecule is O=C(O)c1cc(Nc2ccc(F)c(Br)c2)ccn1. The molecule has 0 atom stereocenters. The van der Waals surface area contributed by atoms with Gasteiger partial charge in [0.15, 0.2) is 0 Å². The van der Waals surface area contributed by atoms with Gasteiger partial charge in [0.2, 0.25) is 0 Å². The van der Waals surface area contributed by atoms with Crippen molar-refractivity contribution >= 4 is 33.3 Å². The lowest BCUT2D eigenvalue weighted by atomic mass is 10.2. The van der Waals surface area contributed by atoms with Crippen LogP contribution in [0.15, 0.2) is 41.0 Å². The smallest absolute Gasteiger partial charge is 0.354 e. The Labute approximate surface area is 111 Å². The largest absolute Gasteiger partial charge is 0.477 e. The third kappa shape index (κ3) is 2.84. The van der Waals surface area contributed by atoms with Gasteiger partial charge >= 0.3 is 5.97 Å². The zero-order valence-corrected chi connectivity index (χ0v) is 10.6. The zero-order chi connectivity index (χ0) is 13.1. The second kappa shape index (κ2) is 5.14. The second-order valence-electron chi connectivity index (χ2n) is 3.49. The van der Waals surface area contributed by atoms with Crippen molar-refractivity contribution < 1.29 is 14.3 Å². The number of hydrogen-bond donors (Lipinski definition) is 2. The summed E-state index contributed by atoms with van der Waals surface area (Å²) in [6.45, 7) is 0. The summed E-state index contributed by atoms with van der Waals surface area (Å²) in [6.07, 6.45) is 1.39.